The Hall–Kier alpha value is -3.19. The Balaban J connectivity index is 1.63. The zero-order chi connectivity index (χ0) is 18.4. The monoisotopic (exact) mass is 366 g/mol. The fraction of sp³-hybridized carbons (Fsp3) is 0.105. The van der Waals surface area contributed by atoms with Gasteiger partial charge >= 0.3 is 0 Å². The highest BCUT2D eigenvalue weighted by molar-refractivity contribution is 7.17. The first-order chi connectivity index (χ1) is 12.7. The molecular formula is C19H18N4O2S. The molecule has 0 unspecified atom stereocenters. The summed E-state index contributed by atoms with van der Waals surface area (Å²) in [6, 6.07) is 16.8. The normalized spacial score (nSPS) is 10.7. The molecule has 0 saturated carbocycles. The van der Waals surface area contributed by atoms with E-state index in [9.17, 15) is 4.79 Å². The maximum Gasteiger partial charge on any atom is 0.267 e. The molecule has 0 aliphatic carbocycles. The highest BCUT2D eigenvalue weighted by atomic mass is 32.1. The Kier molecular flexibility index (Phi) is 5.60. The molecule has 7 heteroatoms. The summed E-state index contributed by atoms with van der Waals surface area (Å²) in [4.78, 5) is 17.3. The van der Waals surface area contributed by atoms with E-state index in [0.717, 1.165) is 17.0 Å². The van der Waals surface area contributed by atoms with Crippen LogP contribution in [0.15, 0.2) is 59.7 Å². The number of nitrogens with one attached hydrogen (secondary N) is 2. The van der Waals surface area contributed by atoms with Crippen LogP contribution in [-0.2, 0) is 0 Å². The van der Waals surface area contributed by atoms with Crippen molar-refractivity contribution in [3.63, 3.8) is 0 Å². The quantitative estimate of drug-likeness (QED) is 0.507. The molecule has 3 rings (SSSR count). The summed E-state index contributed by atoms with van der Waals surface area (Å²) in [7, 11) is 1.63. The fourth-order valence-corrected chi connectivity index (χ4v) is 3.03. The minimum Gasteiger partial charge on any atom is -0.497 e. The summed E-state index contributed by atoms with van der Waals surface area (Å²) in [5.74, 6) is 0.609. The number of para-hydroxylation sites is 1. The number of ether oxygens (including phenoxy) is 1. The molecule has 0 spiro atoms. The van der Waals surface area contributed by atoms with Crippen molar-refractivity contribution in [3.8, 4) is 5.75 Å². The van der Waals surface area contributed by atoms with Crippen LogP contribution in [0.3, 0.4) is 0 Å². The number of thiazole rings is 1. The Labute approximate surface area is 155 Å². The Morgan fingerprint density at radius 1 is 1.15 bits per heavy atom. The first-order valence-corrected chi connectivity index (χ1v) is 8.74. The minimum absolute atomic E-state index is 0.182. The molecular weight excluding hydrogens is 348 g/mol. The molecule has 3 aromatic rings. The van der Waals surface area contributed by atoms with Crippen LogP contribution >= 0.6 is 11.3 Å². The van der Waals surface area contributed by atoms with Crippen molar-refractivity contribution < 1.29 is 9.53 Å². The van der Waals surface area contributed by atoms with Gasteiger partial charge in [0, 0.05) is 5.69 Å². The Morgan fingerprint density at radius 3 is 2.58 bits per heavy atom. The Bertz CT molecular complexity index is 905. The Morgan fingerprint density at radius 2 is 1.88 bits per heavy atom. The van der Waals surface area contributed by atoms with Gasteiger partial charge in [0.25, 0.3) is 5.91 Å². The van der Waals surface area contributed by atoms with E-state index in [1.54, 1.807) is 20.2 Å². The number of aromatic nitrogens is 1. The van der Waals surface area contributed by atoms with E-state index in [0.29, 0.717) is 15.7 Å². The van der Waals surface area contributed by atoms with E-state index in [1.807, 2.05) is 54.6 Å². The first-order valence-electron chi connectivity index (χ1n) is 7.92. The molecule has 132 valence electrons. The number of hydrogen-bond donors (Lipinski definition) is 2. The van der Waals surface area contributed by atoms with Crippen LogP contribution in [0.5, 0.6) is 5.75 Å². The molecule has 0 fully saturated rings. The molecule has 1 aromatic heterocycles. The molecule has 1 amide bonds. The lowest BCUT2D eigenvalue weighted by atomic mass is 10.2. The highest BCUT2D eigenvalue weighted by Crippen LogP contribution is 2.23. The number of hydrogen-bond acceptors (Lipinski definition) is 6. The van der Waals surface area contributed by atoms with Gasteiger partial charge in [0.1, 0.15) is 10.6 Å². The van der Waals surface area contributed by atoms with Gasteiger partial charge in [-0.3, -0.25) is 10.2 Å². The number of rotatable bonds is 6. The average Bonchev–Trinajstić information content (AvgIpc) is 3.04. The van der Waals surface area contributed by atoms with Crippen molar-refractivity contribution >= 4 is 34.3 Å². The van der Waals surface area contributed by atoms with Crippen LogP contribution in [0.2, 0.25) is 0 Å². The van der Waals surface area contributed by atoms with Gasteiger partial charge in [-0.15, -0.1) is 0 Å². The molecule has 2 N–H and O–H groups in total. The lowest BCUT2D eigenvalue weighted by Gasteiger charge is -2.02. The predicted octanol–water partition coefficient (Wildman–Crippen LogP) is 4.16. The third-order valence-corrected chi connectivity index (χ3v) is 4.58. The van der Waals surface area contributed by atoms with E-state index in [4.69, 9.17) is 4.74 Å². The number of aryl methyl sites for hydroxylation is 1. The lowest BCUT2D eigenvalue weighted by Crippen LogP contribution is -2.11. The highest BCUT2D eigenvalue weighted by Gasteiger charge is 2.15. The van der Waals surface area contributed by atoms with Gasteiger partial charge in [-0.05, 0) is 48.9 Å². The molecule has 26 heavy (non-hydrogen) atoms. The van der Waals surface area contributed by atoms with E-state index in [-0.39, 0.29) is 5.91 Å². The van der Waals surface area contributed by atoms with Crippen molar-refractivity contribution in [1.82, 2.24) is 4.98 Å². The van der Waals surface area contributed by atoms with E-state index >= 15 is 0 Å². The molecule has 1 heterocycles. The van der Waals surface area contributed by atoms with E-state index in [1.165, 1.54) is 11.3 Å². The molecule has 0 radical (unpaired) electrons. The number of methoxy groups -OCH3 is 1. The van der Waals surface area contributed by atoms with Crippen LogP contribution in [0.25, 0.3) is 0 Å². The number of nitrogens with zero attached hydrogens (tertiary/aromatic N) is 2. The van der Waals surface area contributed by atoms with Gasteiger partial charge in [-0.25, -0.2) is 4.98 Å². The maximum atomic E-state index is 12.4. The summed E-state index contributed by atoms with van der Waals surface area (Å²) in [6.45, 7) is 1.80. The SMILES string of the molecule is COc1ccc(/C=N\Nc2nc(C)c(C(=O)Nc3ccccc3)s2)cc1. The van der Waals surface area contributed by atoms with Crippen molar-refractivity contribution in [2.45, 2.75) is 6.92 Å². The summed E-state index contributed by atoms with van der Waals surface area (Å²) in [5.41, 5.74) is 5.20. The van der Waals surface area contributed by atoms with Crippen molar-refractivity contribution in [2.24, 2.45) is 5.10 Å². The van der Waals surface area contributed by atoms with Crippen LogP contribution < -0.4 is 15.5 Å². The average molecular weight is 366 g/mol. The van der Waals surface area contributed by atoms with Gasteiger partial charge in [0.15, 0.2) is 0 Å². The van der Waals surface area contributed by atoms with E-state index < -0.39 is 0 Å². The number of hydrazone groups is 1. The van der Waals surface area contributed by atoms with Crippen LogP contribution in [0.1, 0.15) is 20.9 Å². The van der Waals surface area contributed by atoms with Crippen molar-refractivity contribution in [3.05, 3.63) is 70.7 Å². The second-order valence-electron chi connectivity index (χ2n) is 5.40. The number of carbonyl (C=O) groups is 1. The summed E-state index contributed by atoms with van der Waals surface area (Å²) in [5, 5.41) is 7.58. The molecule has 0 aliphatic heterocycles. The molecule has 0 bridgehead atoms. The van der Waals surface area contributed by atoms with Crippen molar-refractivity contribution in [2.75, 3.05) is 17.9 Å². The smallest absolute Gasteiger partial charge is 0.267 e. The molecule has 2 aromatic carbocycles. The molecule has 6 nitrogen and oxygen atoms in total. The van der Waals surface area contributed by atoms with Gasteiger partial charge < -0.3 is 10.1 Å². The van der Waals surface area contributed by atoms with Crippen LogP contribution in [0.4, 0.5) is 10.8 Å². The second kappa shape index (κ2) is 8.26. The largest absolute Gasteiger partial charge is 0.497 e. The van der Waals surface area contributed by atoms with Crippen LogP contribution in [-0.4, -0.2) is 24.2 Å². The zero-order valence-electron chi connectivity index (χ0n) is 14.4. The number of amides is 1. The molecule has 0 atom stereocenters. The summed E-state index contributed by atoms with van der Waals surface area (Å²) >= 11 is 1.26. The lowest BCUT2D eigenvalue weighted by molar-refractivity contribution is 0.103. The van der Waals surface area contributed by atoms with Crippen LogP contribution in [0, 0.1) is 6.92 Å². The fourth-order valence-electron chi connectivity index (χ4n) is 2.22. The first kappa shape index (κ1) is 17.6. The minimum atomic E-state index is -0.182. The summed E-state index contributed by atoms with van der Waals surface area (Å²) < 4.78 is 5.12. The topological polar surface area (TPSA) is 75.6 Å². The molecule has 0 saturated heterocycles. The van der Waals surface area contributed by atoms with Gasteiger partial charge in [0.05, 0.1) is 19.0 Å². The zero-order valence-corrected chi connectivity index (χ0v) is 15.2. The standard InChI is InChI=1S/C19H18N4O2S/c1-13-17(18(24)22-15-6-4-3-5-7-15)26-19(21-13)23-20-12-14-8-10-16(25-2)11-9-14/h3-12H,1-2H3,(H,21,23)(H,22,24)/b20-12-. The van der Waals surface area contributed by atoms with Gasteiger partial charge in [0.2, 0.25) is 5.13 Å². The third kappa shape index (κ3) is 4.46. The maximum absolute atomic E-state index is 12.4. The van der Waals surface area contributed by atoms with E-state index in [2.05, 4.69) is 20.8 Å². The van der Waals surface area contributed by atoms with Gasteiger partial charge in [-0.1, -0.05) is 29.5 Å². The number of benzene rings is 2. The second-order valence-corrected chi connectivity index (χ2v) is 6.40. The number of carbonyl (C=O) groups excluding carboxylic acids is 1. The third-order valence-electron chi connectivity index (χ3n) is 3.52. The number of anilines is 2. The van der Waals surface area contributed by atoms with Crippen molar-refractivity contribution in [1.29, 1.82) is 0 Å². The van der Waals surface area contributed by atoms with Gasteiger partial charge in [-0.2, -0.15) is 5.10 Å². The molecule has 0 aliphatic rings. The summed E-state index contributed by atoms with van der Waals surface area (Å²) in [6.07, 6.45) is 1.68. The predicted molar refractivity (Wildman–Crippen MR) is 105 cm³/mol.